The number of hydrogen-bond acceptors (Lipinski definition) is 5. The highest BCUT2D eigenvalue weighted by molar-refractivity contribution is 9.10. The number of hydrogen-bond donors (Lipinski definition) is 2. The molecule has 0 saturated carbocycles. The summed E-state index contributed by atoms with van der Waals surface area (Å²) in [5.74, 6) is 1.31. The number of aromatic nitrogens is 2. The van der Waals surface area contributed by atoms with Crippen LogP contribution in [0.1, 0.15) is 5.56 Å². The van der Waals surface area contributed by atoms with Gasteiger partial charge in [-0.1, -0.05) is 44.0 Å². The zero-order valence-electron chi connectivity index (χ0n) is 16.2. The molecule has 30 heavy (non-hydrogen) atoms. The van der Waals surface area contributed by atoms with E-state index in [9.17, 15) is 10.2 Å². The van der Waals surface area contributed by atoms with Gasteiger partial charge in [-0.25, -0.2) is 4.98 Å². The molecular weight excluding hydrogens is 516 g/mol. The van der Waals surface area contributed by atoms with E-state index in [0.29, 0.717) is 35.0 Å². The van der Waals surface area contributed by atoms with E-state index < -0.39 is 0 Å². The van der Waals surface area contributed by atoms with E-state index in [-0.39, 0.29) is 11.5 Å². The highest BCUT2D eigenvalue weighted by Crippen LogP contribution is 2.41. The second kappa shape index (κ2) is 8.20. The van der Waals surface area contributed by atoms with Gasteiger partial charge in [0.1, 0.15) is 5.82 Å². The van der Waals surface area contributed by atoms with E-state index in [2.05, 4.69) is 31.9 Å². The third-order valence-electron chi connectivity index (χ3n) is 4.82. The van der Waals surface area contributed by atoms with Crippen LogP contribution < -0.4 is 9.47 Å². The summed E-state index contributed by atoms with van der Waals surface area (Å²) in [6.45, 7) is 0.311. The normalized spacial score (nSPS) is 11.1. The van der Waals surface area contributed by atoms with E-state index in [1.165, 1.54) is 14.2 Å². The first kappa shape index (κ1) is 20.6. The van der Waals surface area contributed by atoms with Gasteiger partial charge in [-0.2, -0.15) is 0 Å². The Morgan fingerprint density at radius 3 is 2.23 bits per heavy atom. The van der Waals surface area contributed by atoms with Crippen molar-refractivity contribution in [1.29, 1.82) is 0 Å². The summed E-state index contributed by atoms with van der Waals surface area (Å²) >= 11 is 6.94. The van der Waals surface area contributed by atoms with Gasteiger partial charge in [0, 0.05) is 14.5 Å². The maximum atomic E-state index is 10.8. The number of methoxy groups -OCH3 is 2. The number of rotatable bonds is 5. The first-order valence-electron chi connectivity index (χ1n) is 9.00. The molecule has 0 aliphatic carbocycles. The standard InChI is InChI=1S/C22H18Br2N2O4/c1-29-18-9-13(23)7-12(20(18)27)11-26-17-6-4-3-5-16(17)25-22(26)15-8-14(24)10-19(30-2)21(15)28/h3-10,27-28H,11H2,1-2H3. The van der Waals surface area contributed by atoms with Crippen molar-refractivity contribution in [3.63, 3.8) is 0 Å². The maximum Gasteiger partial charge on any atom is 0.168 e. The minimum absolute atomic E-state index is 0.00620. The Hall–Kier alpha value is -2.71. The molecular formula is C22H18Br2N2O4. The summed E-state index contributed by atoms with van der Waals surface area (Å²) in [6, 6.07) is 14.7. The summed E-state index contributed by atoms with van der Waals surface area (Å²) in [7, 11) is 3.01. The van der Waals surface area contributed by atoms with Crippen LogP contribution in [0.2, 0.25) is 0 Å². The Morgan fingerprint density at radius 2 is 1.53 bits per heavy atom. The Bertz CT molecular complexity index is 1250. The molecule has 0 radical (unpaired) electrons. The van der Waals surface area contributed by atoms with Gasteiger partial charge < -0.3 is 24.3 Å². The van der Waals surface area contributed by atoms with Crippen molar-refractivity contribution in [2.24, 2.45) is 0 Å². The molecule has 0 aliphatic rings. The van der Waals surface area contributed by atoms with Crippen molar-refractivity contribution < 1.29 is 19.7 Å². The fourth-order valence-electron chi connectivity index (χ4n) is 3.42. The Labute approximate surface area is 190 Å². The highest BCUT2D eigenvalue weighted by Gasteiger charge is 2.21. The number of nitrogens with zero attached hydrogens (tertiary/aromatic N) is 2. The predicted octanol–water partition coefficient (Wildman–Crippen LogP) is 5.71. The average Bonchev–Trinajstić information content (AvgIpc) is 3.10. The molecule has 6 nitrogen and oxygen atoms in total. The van der Waals surface area contributed by atoms with Crippen molar-refractivity contribution in [3.05, 3.63) is 63.0 Å². The molecule has 0 spiro atoms. The number of ether oxygens (including phenoxy) is 2. The largest absolute Gasteiger partial charge is 0.504 e. The lowest BCUT2D eigenvalue weighted by Crippen LogP contribution is -2.04. The lowest BCUT2D eigenvalue weighted by Gasteiger charge is -2.15. The summed E-state index contributed by atoms with van der Waals surface area (Å²) in [5.41, 5.74) is 2.79. The van der Waals surface area contributed by atoms with Crippen LogP contribution in [0.25, 0.3) is 22.4 Å². The minimum atomic E-state index is -0.00620. The second-order valence-electron chi connectivity index (χ2n) is 6.63. The first-order chi connectivity index (χ1) is 14.4. The quantitative estimate of drug-likeness (QED) is 0.344. The first-order valence-corrected chi connectivity index (χ1v) is 10.6. The fourth-order valence-corrected chi connectivity index (χ4v) is 4.34. The number of phenols is 2. The number of aromatic hydroxyl groups is 2. The van der Waals surface area contributed by atoms with Crippen LogP contribution in [0.15, 0.2) is 57.5 Å². The molecule has 1 aromatic heterocycles. The molecule has 0 fully saturated rings. The van der Waals surface area contributed by atoms with Crippen LogP contribution in [-0.2, 0) is 6.54 Å². The number of para-hydroxylation sites is 2. The fraction of sp³-hybridized carbons (Fsp3) is 0.136. The molecule has 3 aromatic carbocycles. The van der Waals surface area contributed by atoms with Crippen molar-refractivity contribution in [1.82, 2.24) is 9.55 Å². The Morgan fingerprint density at radius 1 is 0.900 bits per heavy atom. The number of imidazole rings is 1. The summed E-state index contributed by atoms with van der Waals surface area (Å²) < 4.78 is 14.1. The molecule has 4 aromatic rings. The average molecular weight is 534 g/mol. The zero-order chi connectivity index (χ0) is 21.4. The third-order valence-corrected chi connectivity index (χ3v) is 5.74. The van der Waals surface area contributed by atoms with E-state index in [0.717, 1.165) is 20.0 Å². The van der Waals surface area contributed by atoms with Gasteiger partial charge in [0.15, 0.2) is 23.0 Å². The number of phenolic OH excluding ortho intramolecular Hbond substituents is 2. The van der Waals surface area contributed by atoms with Gasteiger partial charge in [-0.15, -0.1) is 0 Å². The zero-order valence-corrected chi connectivity index (χ0v) is 19.4. The molecule has 1 heterocycles. The monoisotopic (exact) mass is 532 g/mol. The molecule has 8 heteroatoms. The van der Waals surface area contributed by atoms with Crippen molar-refractivity contribution in [2.75, 3.05) is 14.2 Å². The van der Waals surface area contributed by atoms with Crippen molar-refractivity contribution >= 4 is 42.9 Å². The summed E-state index contributed by atoms with van der Waals surface area (Å²) in [6.07, 6.45) is 0. The van der Waals surface area contributed by atoms with Crippen molar-refractivity contribution in [3.8, 4) is 34.4 Å². The van der Waals surface area contributed by atoms with Gasteiger partial charge in [-0.05, 0) is 36.4 Å². The lowest BCUT2D eigenvalue weighted by atomic mass is 10.1. The highest BCUT2D eigenvalue weighted by atomic mass is 79.9. The third kappa shape index (κ3) is 3.61. The molecule has 0 unspecified atom stereocenters. The molecule has 154 valence electrons. The van der Waals surface area contributed by atoms with Crippen LogP contribution in [0.4, 0.5) is 0 Å². The molecule has 0 atom stereocenters. The van der Waals surface area contributed by atoms with Gasteiger partial charge in [0.05, 0.1) is 37.4 Å². The van der Waals surface area contributed by atoms with Crippen LogP contribution in [0.5, 0.6) is 23.0 Å². The van der Waals surface area contributed by atoms with Crippen LogP contribution >= 0.6 is 31.9 Å². The molecule has 2 N–H and O–H groups in total. The Kier molecular flexibility index (Phi) is 5.62. The van der Waals surface area contributed by atoms with E-state index in [1.54, 1.807) is 18.2 Å². The van der Waals surface area contributed by atoms with Gasteiger partial charge >= 0.3 is 0 Å². The van der Waals surface area contributed by atoms with Crippen LogP contribution in [0.3, 0.4) is 0 Å². The smallest absolute Gasteiger partial charge is 0.168 e. The van der Waals surface area contributed by atoms with Crippen LogP contribution in [0, 0.1) is 0 Å². The van der Waals surface area contributed by atoms with E-state index >= 15 is 0 Å². The van der Waals surface area contributed by atoms with Crippen molar-refractivity contribution in [2.45, 2.75) is 6.54 Å². The number of benzene rings is 3. The van der Waals surface area contributed by atoms with Gasteiger partial charge in [0.2, 0.25) is 0 Å². The number of fused-ring (bicyclic) bond motifs is 1. The second-order valence-corrected chi connectivity index (χ2v) is 8.46. The summed E-state index contributed by atoms with van der Waals surface area (Å²) in [5, 5.41) is 21.5. The molecule has 0 saturated heterocycles. The molecule has 0 amide bonds. The number of halogens is 2. The van der Waals surface area contributed by atoms with E-state index in [4.69, 9.17) is 14.5 Å². The maximum absolute atomic E-state index is 10.8. The molecule has 4 rings (SSSR count). The van der Waals surface area contributed by atoms with Gasteiger partial charge in [0.25, 0.3) is 0 Å². The summed E-state index contributed by atoms with van der Waals surface area (Å²) in [4.78, 5) is 4.75. The lowest BCUT2D eigenvalue weighted by molar-refractivity contribution is 0.369. The minimum Gasteiger partial charge on any atom is -0.504 e. The molecule has 0 bridgehead atoms. The van der Waals surface area contributed by atoms with E-state index in [1.807, 2.05) is 34.9 Å². The SMILES string of the molecule is COc1cc(Br)cc(Cn2c(-c3cc(Br)cc(OC)c3O)nc3ccccc32)c1O. The molecule has 0 aliphatic heterocycles. The van der Waals surface area contributed by atoms with Gasteiger partial charge in [-0.3, -0.25) is 0 Å². The Balaban J connectivity index is 1.96. The predicted molar refractivity (Wildman–Crippen MR) is 123 cm³/mol. The topological polar surface area (TPSA) is 76.7 Å². The van der Waals surface area contributed by atoms with Crippen LogP contribution in [-0.4, -0.2) is 34.0 Å².